The fraction of sp³-hybridized carbons (Fsp3) is 0.240. The lowest BCUT2D eigenvalue weighted by molar-refractivity contribution is -0.123. The summed E-state index contributed by atoms with van der Waals surface area (Å²) in [6, 6.07) is 22.2. The van der Waals surface area contributed by atoms with E-state index < -0.39 is 10.0 Å². The molecule has 0 saturated heterocycles. The van der Waals surface area contributed by atoms with E-state index in [0.717, 1.165) is 11.3 Å². The summed E-state index contributed by atoms with van der Waals surface area (Å²) < 4.78 is 38.0. The Labute approximate surface area is 195 Å². The molecule has 174 valence electrons. The summed E-state index contributed by atoms with van der Waals surface area (Å²) in [5.41, 5.74) is 1.47. The van der Waals surface area contributed by atoms with Crippen molar-refractivity contribution < 1.29 is 22.7 Å². The number of anilines is 1. The van der Waals surface area contributed by atoms with Gasteiger partial charge in [0.25, 0.3) is 15.9 Å². The highest BCUT2D eigenvalue weighted by Crippen LogP contribution is 2.25. The predicted octanol–water partition coefficient (Wildman–Crippen LogP) is 4.17. The number of benzene rings is 3. The molecular formula is C25H28N2O5S. The van der Waals surface area contributed by atoms with Gasteiger partial charge in [0.1, 0.15) is 11.5 Å². The summed E-state index contributed by atoms with van der Waals surface area (Å²) in [5, 5.41) is 2.89. The highest BCUT2D eigenvalue weighted by atomic mass is 32.2. The first-order chi connectivity index (χ1) is 15.8. The average molecular weight is 469 g/mol. The molecule has 0 bridgehead atoms. The lowest BCUT2D eigenvalue weighted by Crippen LogP contribution is -2.31. The number of carbonyl (C=O) groups excluding carboxylic acids is 1. The molecule has 0 unspecified atom stereocenters. The van der Waals surface area contributed by atoms with Gasteiger partial charge >= 0.3 is 0 Å². The number of amides is 1. The average Bonchev–Trinajstić information content (AvgIpc) is 2.84. The van der Waals surface area contributed by atoms with Crippen molar-refractivity contribution in [1.82, 2.24) is 5.32 Å². The molecule has 0 aliphatic carbocycles. The van der Waals surface area contributed by atoms with E-state index >= 15 is 0 Å². The monoisotopic (exact) mass is 468 g/mol. The van der Waals surface area contributed by atoms with E-state index in [9.17, 15) is 13.2 Å². The normalized spacial score (nSPS) is 12.0. The maximum atomic E-state index is 13.0. The summed E-state index contributed by atoms with van der Waals surface area (Å²) in [7, 11) is -2.06. The van der Waals surface area contributed by atoms with Gasteiger partial charge in [-0.2, -0.15) is 0 Å². The van der Waals surface area contributed by atoms with Crippen LogP contribution in [0.25, 0.3) is 0 Å². The number of carbonyl (C=O) groups is 1. The van der Waals surface area contributed by atoms with Gasteiger partial charge in [0.05, 0.1) is 23.7 Å². The Bertz CT molecular complexity index is 1150. The van der Waals surface area contributed by atoms with E-state index in [1.807, 2.05) is 31.2 Å². The zero-order valence-corrected chi connectivity index (χ0v) is 19.7. The first kappa shape index (κ1) is 24.1. The number of ether oxygens (including phenoxy) is 2. The minimum absolute atomic E-state index is 0.153. The van der Waals surface area contributed by atoms with Crippen molar-refractivity contribution in [2.24, 2.45) is 0 Å². The molecule has 0 aliphatic heterocycles. The molecule has 0 fully saturated rings. The van der Waals surface area contributed by atoms with Crippen molar-refractivity contribution in [3.8, 4) is 11.5 Å². The van der Waals surface area contributed by atoms with Crippen LogP contribution in [0.15, 0.2) is 83.8 Å². The minimum atomic E-state index is -3.67. The number of rotatable bonds is 10. The third-order valence-corrected chi connectivity index (χ3v) is 7.02. The smallest absolute Gasteiger partial charge is 0.264 e. The van der Waals surface area contributed by atoms with Crippen LogP contribution in [-0.2, 0) is 14.8 Å². The summed E-state index contributed by atoms with van der Waals surface area (Å²) >= 11 is 0. The van der Waals surface area contributed by atoms with Gasteiger partial charge in [0.15, 0.2) is 6.61 Å². The van der Waals surface area contributed by atoms with E-state index in [1.54, 1.807) is 68.6 Å². The lowest BCUT2D eigenvalue weighted by Gasteiger charge is -2.23. The number of sulfonamides is 1. The van der Waals surface area contributed by atoms with Crippen LogP contribution in [0, 0.1) is 0 Å². The number of hydrogen-bond donors (Lipinski definition) is 1. The van der Waals surface area contributed by atoms with Gasteiger partial charge in [-0.25, -0.2) is 8.42 Å². The molecule has 1 N–H and O–H groups in total. The Morgan fingerprint density at radius 2 is 1.55 bits per heavy atom. The van der Waals surface area contributed by atoms with Gasteiger partial charge in [-0.15, -0.1) is 0 Å². The lowest BCUT2D eigenvalue weighted by atomic mass is 10.1. The van der Waals surface area contributed by atoms with E-state index in [4.69, 9.17) is 9.47 Å². The van der Waals surface area contributed by atoms with Crippen LogP contribution < -0.4 is 19.1 Å². The number of nitrogens with one attached hydrogen (secondary N) is 1. The van der Waals surface area contributed by atoms with Crippen molar-refractivity contribution in [3.63, 3.8) is 0 Å². The third-order valence-electron chi connectivity index (χ3n) is 5.11. The minimum Gasteiger partial charge on any atom is -0.497 e. The second kappa shape index (κ2) is 10.9. The van der Waals surface area contributed by atoms with Gasteiger partial charge in [-0.3, -0.25) is 9.10 Å². The van der Waals surface area contributed by atoms with Gasteiger partial charge in [-0.1, -0.05) is 30.3 Å². The zero-order chi connectivity index (χ0) is 23.8. The standard InChI is InChI=1S/C25H28N2O5S/c1-4-27(33(29,30)24-8-6-5-7-9-24)21-12-16-23(17-13-21)32-18-25(28)26-19(2)20-10-14-22(31-3)15-11-20/h5-17,19H,4,18H2,1-3H3,(H,26,28)/t19-/m0/s1. The maximum absolute atomic E-state index is 13.0. The Kier molecular flexibility index (Phi) is 7.95. The molecule has 3 aromatic rings. The Morgan fingerprint density at radius 3 is 2.12 bits per heavy atom. The number of hydrogen-bond acceptors (Lipinski definition) is 5. The highest BCUT2D eigenvalue weighted by Gasteiger charge is 2.23. The first-order valence-corrected chi connectivity index (χ1v) is 12.0. The summed E-state index contributed by atoms with van der Waals surface area (Å²) in [6.07, 6.45) is 0. The predicted molar refractivity (Wildman–Crippen MR) is 128 cm³/mol. The summed E-state index contributed by atoms with van der Waals surface area (Å²) in [4.78, 5) is 12.5. The molecule has 8 heteroatoms. The molecule has 3 rings (SSSR count). The maximum Gasteiger partial charge on any atom is 0.264 e. The van der Waals surface area contributed by atoms with Crippen LogP contribution in [0.1, 0.15) is 25.5 Å². The molecule has 7 nitrogen and oxygen atoms in total. The second-order valence-corrected chi connectivity index (χ2v) is 9.19. The second-order valence-electron chi connectivity index (χ2n) is 7.33. The van der Waals surface area contributed by atoms with Crippen LogP contribution in [0.5, 0.6) is 11.5 Å². The molecule has 0 aromatic heterocycles. The Morgan fingerprint density at radius 1 is 0.939 bits per heavy atom. The molecule has 3 aromatic carbocycles. The van der Waals surface area contributed by atoms with Gasteiger partial charge in [0.2, 0.25) is 0 Å². The molecule has 0 aliphatic rings. The van der Waals surface area contributed by atoms with Crippen molar-refractivity contribution in [3.05, 3.63) is 84.4 Å². The fourth-order valence-corrected chi connectivity index (χ4v) is 4.82. The third kappa shape index (κ3) is 6.04. The molecular weight excluding hydrogens is 440 g/mol. The topological polar surface area (TPSA) is 84.9 Å². The highest BCUT2D eigenvalue weighted by molar-refractivity contribution is 7.92. The van der Waals surface area contributed by atoms with Crippen molar-refractivity contribution in [1.29, 1.82) is 0 Å². The van der Waals surface area contributed by atoms with E-state index in [0.29, 0.717) is 11.4 Å². The van der Waals surface area contributed by atoms with Crippen LogP contribution >= 0.6 is 0 Å². The van der Waals surface area contributed by atoms with E-state index in [2.05, 4.69) is 5.32 Å². The van der Waals surface area contributed by atoms with Gasteiger partial charge in [-0.05, 0) is 67.9 Å². The van der Waals surface area contributed by atoms with Crippen LogP contribution in [0.3, 0.4) is 0 Å². The molecule has 1 amide bonds. The number of methoxy groups -OCH3 is 1. The van der Waals surface area contributed by atoms with Crippen molar-refractivity contribution >= 4 is 21.6 Å². The Balaban J connectivity index is 1.59. The summed E-state index contributed by atoms with van der Waals surface area (Å²) in [6.45, 7) is 3.79. The molecule has 0 spiro atoms. The van der Waals surface area contributed by atoms with Gasteiger partial charge in [0, 0.05) is 6.54 Å². The zero-order valence-electron chi connectivity index (χ0n) is 18.9. The van der Waals surface area contributed by atoms with Crippen LogP contribution in [0.2, 0.25) is 0 Å². The Hall–Kier alpha value is -3.52. The van der Waals surface area contributed by atoms with Crippen molar-refractivity contribution in [2.45, 2.75) is 24.8 Å². The number of nitrogens with zero attached hydrogens (tertiary/aromatic N) is 1. The first-order valence-electron chi connectivity index (χ1n) is 10.6. The van der Waals surface area contributed by atoms with E-state index in [1.165, 1.54) is 4.31 Å². The SMILES string of the molecule is CCN(c1ccc(OCC(=O)N[C@@H](C)c2ccc(OC)cc2)cc1)S(=O)(=O)c1ccccc1. The molecule has 0 heterocycles. The molecule has 1 atom stereocenters. The summed E-state index contributed by atoms with van der Waals surface area (Å²) in [5.74, 6) is 0.964. The molecule has 33 heavy (non-hydrogen) atoms. The molecule has 0 radical (unpaired) electrons. The van der Waals surface area contributed by atoms with Crippen LogP contribution in [-0.4, -0.2) is 34.6 Å². The van der Waals surface area contributed by atoms with Gasteiger partial charge < -0.3 is 14.8 Å². The van der Waals surface area contributed by atoms with Crippen molar-refractivity contribution in [2.75, 3.05) is 24.6 Å². The molecule has 0 saturated carbocycles. The largest absolute Gasteiger partial charge is 0.497 e. The van der Waals surface area contributed by atoms with Crippen LogP contribution in [0.4, 0.5) is 5.69 Å². The quantitative estimate of drug-likeness (QED) is 0.483. The fourth-order valence-electron chi connectivity index (χ4n) is 3.33. The van der Waals surface area contributed by atoms with E-state index in [-0.39, 0.29) is 30.0 Å².